The first-order valence-electron chi connectivity index (χ1n) is 6.47. The Hall–Kier alpha value is -1.46. The van der Waals surface area contributed by atoms with Gasteiger partial charge in [-0.1, -0.05) is 12.1 Å². The van der Waals surface area contributed by atoms with E-state index in [1.807, 2.05) is 7.05 Å². The number of carbonyl (C=O) groups is 1. The van der Waals surface area contributed by atoms with E-state index in [-0.39, 0.29) is 24.2 Å². The van der Waals surface area contributed by atoms with Gasteiger partial charge in [-0.25, -0.2) is 4.39 Å². The molecule has 2 rings (SSSR count). The molecule has 1 aromatic carbocycles. The largest absolute Gasteiger partial charge is 0.373 e. The van der Waals surface area contributed by atoms with Gasteiger partial charge >= 0.3 is 0 Å². The molecule has 0 aliphatic carbocycles. The van der Waals surface area contributed by atoms with Crippen LogP contribution in [0.15, 0.2) is 24.3 Å². The average molecular weight is 266 g/mol. The second kappa shape index (κ2) is 6.63. The molecule has 1 aromatic rings. The maximum Gasteiger partial charge on any atom is 0.227 e. The van der Waals surface area contributed by atoms with Gasteiger partial charge in [0.05, 0.1) is 19.1 Å². The monoisotopic (exact) mass is 266 g/mol. The van der Waals surface area contributed by atoms with Gasteiger partial charge in [0, 0.05) is 19.6 Å². The summed E-state index contributed by atoms with van der Waals surface area (Å²) >= 11 is 0. The Morgan fingerprint density at radius 3 is 3.16 bits per heavy atom. The molecule has 19 heavy (non-hydrogen) atoms. The smallest absolute Gasteiger partial charge is 0.227 e. The Labute approximate surface area is 112 Å². The van der Waals surface area contributed by atoms with Crippen molar-refractivity contribution in [3.63, 3.8) is 0 Å². The number of halogens is 1. The second-order valence-electron chi connectivity index (χ2n) is 4.70. The molecule has 1 unspecified atom stereocenters. The highest BCUT2D eigenvalue weighted by atomic mass is 19.1. The fourth-order valence-corrected chi connectivity index (χ4v) is 2.23. The first-order chi connectivity index (χ1) is 9.19. The van der Waals surface area contributed by atoms with Crippen LogP contribution in [0.1, 0.15) is 5.56 Å². The summed E-state index contributed by atoms with van der Waals surface area (Å²) in [5.74, 6) is -0.282. The molecule has 104 valence electrons. The Morgan fingerprint density at radius 1 is 1.58 bits per heavy atom. The van der Waals surface area contributed by atoms with E-state index in [9.17, 15) is 9.18 Å². The van der Waals surface area contributed by atoms with E-state index in [1.54, 1.807) is 17.0 Å². The van der Waals surface area contributed by atoms with Crippen molar-refractivity contribution in [3.8, 4) is 0 Å². The lowest BCUT2D eigenvalue weighted by Crippen LogP contribution is -2.49. The van der Waals surface area contributed by atoms with E-state index in [0.717, 1.165) is 6.54 Å². The maximum atomic E-state index is 13.1. The molecule has 4 nitrogen and oxygen atoms in total. The van der Waals surface area contributed by atoms with Crippen LogP contribution in [-0.2, 0) is 16.0 Å². The zero-order chi connectivity index (χ0) is 13.7. The van der Waals surface area contributed by atoms with Crippen LogP contribution < -0.4 is 5.32 Å². The Balaban J connectivity index is 1.92. The van der Waals surface area contributed by atoms with Crippen molar-refractivity contribution in [1.82, 2.24) is 10.2 Å². The lowest BCUT2D eigenvalue weighted by Gasteiger charge is -2.33. The highest BCUT2D eigenvalue weighted by Gasteiger charge is 2.23. The Bertz CT molecular complexity index is 437. The lowest BCUT2D eigenvalue weighted by atomic mass is 10.1. The maximum absolute atomic E-state index is 13.1. The van der Waals surface area contributed by atoms with Gasteiger partial charge in [0.25, 0.3) is 0 Å². The summed E-state index contributed by atoms with van der Waals surface area (Å²) in [7, 11) is 1.86. The molecule has 1 atom stereocenters. The fraction of sp³-hybridized carbons (Fsp3) is 0.500. The predicted molar refractivity (Wildman–Crippen MR) is 70.4 cm³/mol. The minimum atomic E-state index is -0.305. The molecule has 1 amide bonds. The number of ether oxygens (including phenoxy) is 1. The first-order valence-corrected chi connectivity index (χ1v) is 6.47. The van der Waals surface area contributed by atoms with Gasteiger partial charge in [0.1, 0.15) is 5.82 Å². The number of nitrogens with zero attached hydrogens (tertiary/aromatic N) is 1. The van der Waals surface area contributed by atoms with Crippen molar-refractivity contribution < 1.29 is 13.9 Å². The minimum absolute atomic E-state index is 0.0232. The molecule has 1 aliphatic rings. The standard InChI is InChI=1S/C14H19FN2O2/c1-16-9-13-10-17(5-6-19-13)14(18)8-11-3-2-4-12(15)7-11/h2-4,7,13,16H,5-6,8-10H2,1H3. The van der Waals surface area contributed by atoms with Gasteiger partial charge in [0.2, 0.25) is 5.91 Å². The number of morpholine rings is 1. The third kappa shape index (κ3) is 4.01. The topological polar surface area (TPSA) is 41.6 Å². The summed E-state index contributed by atoms with van der Waals surface area (Å²) in [6, 6.07) is 6.18. The quantitative estimate of drug-likeness (QED) is 0.877. The van der Waals surface area contributed by atoms with Crippen molar-refractivity contribution in [2.24, 2.45) is 0 Å². The molecule has 1 saturated heterocycles. The molecule has 0 saturated carbocycles. The SMILES string of the molecule is CNCC1CN(C(=O)Cc2cccc(F)c2)CCO1. The van der Waals surface area contributed by atoms with Crippen LogP contribution in [0.2, 0.25) is 0 Å². The summed E-state index contributed by atoms with van der Waals surface area (Å²) < 4.78 is 18.6. The van der Waals surface area contributed by atoms with Crippen LogP contribution in [0.5, 0.6) is 0 Å². The summed E-state index contributed by atoms with van der Waals surface area (Å²) in [4.78, 5) is 13.9. The van der Waals surface area contributed by atoms with Gasteiger partial charge in [-0.05, 0) is 24.7 Å². The molecule has 1 aliphatic heterocycles. The van der Waals surface area contributed by atoms with E-state index < -0.39 is 0 Å². The molecular weight excluding hydrogens is 247 g/mol. The van der Waals surface area contributed by atoms with Gasteiger partial charge < -0.3 is 15.0 Å². The molecule has 1 N–H and O–H groups in total. The molecule has 1 fully saturated rings. The number of hydrogen-bond donors (Lipinski definition) is 1. The highest BCUT2D eigenvalue weighted by molar-refractivity contribution is 5.78. The molecule has 1 heterocycles. The van der Waals surface area contributed by atoms with E-state index in [2.05, 4.69) is 5.32 Å². The Kier molecular flexibility index (Phi) is 4.87. The van der Waals surface area contributed by atoms with Crippen LogP contribution in [0.25, 0.3) is 0 Å². The van der Waals surface area contributed by atoms with Crippen molar-refractivity contribution >= 4 is 5.91 Å². The molecule has 0 bridgehead atoms. The third-order valence-electron chi connectivity index (χ3n) is 3.17. The predicted octanol–water partition coefficient (Wildman–Crippen LogP) is 0.815. The summed E-state index contributed by atoms with van der Waals surface area (Å²) in [5.41, 5.74) is 0.710. The summed E-state index contributed by atoms with van der Waals surface area (Å²) in [6.45, 7) is 2.48. The summed E-state index contributed by atoms with van der Waals surface area (Å²) in [6.07, 6.45) is 0.277. The number of nitrogens with one attached hydrogen (secondary N) is 1. The third-order valence-corrected chi connectivity index (χ3v) is 3.17. The second-order valence-corrected chi connectivity index (χ2v) is 4.70. The van der Waals surface area contributed by atoms with Crippen molar-refractivity contribution in [2.45, 2.75) is 12.5 Å². The number of hydrogen-bond acceptors (Lipinski definition) is 3. The van der Waals surface area contributed by atoms with Gasteiger partial charge in [-0.2, -0.15) is 0 Å². The molecule has 0 aromatic heterocycles. The number of likely N-dealkylation sites (N-methyl/N-ethyl adjacent to an activating group) is 1. The zero-order valence-electron chi connectivity index (χ0n) is 11.1. The number of carbonyl (C=O) groups excluding carboxylic acids is 1. The van der Waals surface area contributed by atoms with Crippen LogP contribution in [0.3, 0.4) is 0 Å². The first kappa shape index (κ1) is 14.0. The molecular formula is C14H19FN2O2. The number of amides is 1. The van der Waals surface area contributed by atoms with E-state index in [4.69, 9.17) is 4.74 Å². The number of benzene rings is 1. The minimum Gasteiger partial charge on any atom is -0.373 e. The summed E-state index contributed by atoms with van der Waals surface area (Å²) in [5, 5.41) is 3.04. The van der Waals surface area contributed by atoms with Crippen LogP contribution in [0.4, 0.5) is 4.39 Å². The molecule has 0 spiro atoms. The van der Waals surface area contributed by atoms with Crippen molar-refractivity contribution in [2.75, 3.05) is 33.3 Å². The fourth-order valence-electron chi connectivity index (χ4n) is 2.23. The van der Waals surface area contributed by atoms with Gasteiger partial charge in [0.15, 0.2) is 0 Å². The van der Waals surface area contributed by atoms with E-state index in [0.29, 0.717) is 25.3 Å². The van der Waals surface area contributed by atoms with Gasteiger partial charge in [-0.3, -0.25) is 4.79 Å². The zero-order valence-corrected chi connectivity index (χ0v) is 11.1. The normalized spacial score (nSPS) is 19.5. The van der Waals surface area contributed by atoms with Gasteiger partial charge in [-0.15, -0.1) is 0 Å². The van der Waals surface area contributed by atoms with Crippen LogP contribution >= 0.6 is 0 Å². The average Bonchev–Trinajstić information content (AvgIpc) is 2.39. The van der Waals surface area contributed by atoms with Crippen LogP contribution in [0, 0.1) is 5.82 Å². The van der Waals surface area contributed by atoms with Crippen molar-refractivity contribution in [3.05, 3.63) is 35.6 Å². The number of rotatable bonds is 4. The lowest BCUT2D eigenvalue weighted by molar-refractivity contribution is -0.137. The van der Waals surface area contributed by atoms with Crippen LogP contribution in [-0.4, -0.2) is 50.2 Å². The van der Waals surface area contributed by atoms with Crippen molar-refractivity contribution in [1.29, 1.82) is 0 Å². The van der Waals surface area contributed by atoms with E-state index in [1.165, 1.54) is 12.1 Å². The highest BCUT2D eigenvalue weighted by Crippen LogP contribution is 2.10. The van der Waals surface area contributed by atoms with E-state index >= 15 is 0 Å². The molecule has 5 heteroatoms. The molecule has 0 radical (unpaired) electrons. The Morgan fingerprint density at radius 2 is 2.42 bits per heavy atom.